The Morgan fingerprint density at radius 2 is 0.613 bits per heavy atom. The van der Waals surface area contributed by atoms with E-state index in [4.69, 9.17) is 0 Å². The molecule has 7 heteroatoms. The van der Waals surface area contributed by atoms with Gasteiger partial charge in [0.2, 0.25) is 0 Å². The number of thiophene rings is 1. The first-order valence-corrected chi connectivity index (χ1v) is 26.3. The summed E-state index contributed by atoms with van der Waals surface area (Å²) >= 11 is 1.78. The third kappa shape index (κ3) is 5.87. The van der Waals surface area contributed by atoms with Crippen molar-refractivity contribution in [2.24, 2.45) is 0 Å². The lowest BCUT2D eigenvalue weighted by molar-refractivity contribution is 1.02. The SMILES string of the molecule is Cc1ccc2c3ccc(C)cc3n(-c3c(C#N)c(-n4c5cc(C)ccc5c5ccc(C)cc54)c(-n4c5ccccc5c5ccc6c7ccccc7sc6c54)c(C#N)c3-n3c4cc(C)ccc4c4ccc(C)cc43)c2c1. The van der Waals surface area contributed by atoms with Gasteiger partial charge in [-0.1, -0.05) is 121 Å². The molecule has 0 aliphatic rings. The molecule has 75 heavy (non-hydrogen) atoms. The van der Waals surface area contributed by atoms with E-state index in [0.29, 0.717) is 33.9 Å². The first kappa shape index (κ1) is 43.2. The number of fused-ring (bicyclic) bond motifs is 16. The number of hydrogen-bond donors (Lipinski definition) is 0. The number of nitriles is 2. The number of benzene rings is 10. The summed E-state index contributed by atoms with van der Waals surface area (Å²) in [5, 5.41) is 36.6. The molecular formula is C68H46N6S. The Morgan fingerprint density at radius 1 is 0.307 bits per heavy atom. The number of para-hydroxylation sites is 1. The second-order valence-corrected chi connectivity index (χ2v) is 21.8. The highest BCUT2D eigenvalue weighted by molar-refractivity contribution is 7.26. The van der Waals surface area contributed by atoms with Crippen molar-refractivity contribution < 1.29 is 0 Å². The zero-order chi connectivity index (χ0) is 50.7. The Bertz CT molecular complexity index is 4990. The van der Waals surface area contributed by atoms with Gasteiger partial charge in [0.25, 0.3) is 0 Å². The summed E-state index contributed by atoms with van der Waals surface area (Å²) in [7, 11) is 0. The average molecular weight is 979 g/mol. The molecule has 15 aromatic rings. The molecule has 0 radical (unpaired) electrons. The van der Waals surface area contributed by atoms with E-state index in [0.717, 1.165) is 131 Å². The minimum Gasteiger partial charge on any atom is -0.306 e. The summed E-state index contributed by atoms with van der Waals surface area (Å²) in [6.07, 6.45) is 0. The van der Waals surface area contributed by atoms with Gasteiger partial charge in [-0.05, 0) is 123 Å². The average Bonchev–Trinajstić information content (AvgIpc) is 4.35. The molecule has 0 spiro atoms. The van der Waals surface area contributed by atoms with Gasteiger partial charge in [0.1, 0.15) is 23.3 Å². The topological polar surface area (TPSA) is 67.3 Å². The molecule has 0 unspecified atom stereocenters. The zero-order valence-corrected chi connectivity index (χ0v) is 43.1. The molecule has 354 valence electrons. The molecule has 0 aliphatic carbocycles. The van der Waals surface area contributed by atoms with Crippen LogP contribution in [0.3, 0.4) is 0 Å². The molecule has 0 bridgehead atoms. The lowest BCUT2D eigenvalue weighted by atomic mass is 9.98. The normalized spacial score (nSPS) is 12.1. The molecule has 5 heterocycles. The van der Waals surface area contributed by atoms with Crippen LogP contribution in [0.5, 0.6) is 0 Å². The van der Waals surface area contributed by atoms with E-state index in [-0.39, 0.29) is 0 Å². The van der Waals surface area contributed by atoms with Gasteiger partial charge < -0.3 is 18.3 Å². The van der Waals surface area contributed by atoms with E-state index in [2.05, 4.69) is 242 Å². The second kappa shape index (κ2) is 15.6. The molecule has 0 saturated heterocycles. The highest BCUT2D eigenvalue weighted by atomic mass is 32.1. The molecule has 0 atom stereocenters. The van der Waals surface area contributed by atoms with E-state index < -0.39 is 0 Å². The van der Waals surface area contributed by atoms with Crippen molar-refractivity contribution in [3.63, 3.8) is 0 Å². The fraction of sp³-hybridized carbons (Fsp3) is 0.0882. The predicted octanol–water partition coefficient (Wildman–Crippen LogP) is 18.0. The summed E-state index contributed by atoms with van der Waals surface area (Å²) in [6.45, 7) is 12.8. The largest absolute Gasteiger partial charge is 0.306 e. The van der Waals surface area contributed by atoms with Crippen LogP contribution in [-0.4, -0.2) is 18.3 Å². The number of aromatic nitrogens is 4. The minimum atomic E-state index is 0.451. The molecule has 5 aromatic heterocycles. The summed E-state index contributed by atoms with van der Waals surface area (Å²) in [6, 6.07) is 67.6. The summed E-state index contributed by atoms with van der Waals surface area (Å²) in [5.41, 5.74) is 17.7. The fourth-order valence-electron chi connectivity index (χ4n) is 12.7. The van der Waals surface area contributed by atoms with Crippen molar-refractivity contribution in [3.05, 3.63) is 214 Å². The molecule has 6 nitrogen and oxygen atoms in total. The predicted molar refractivity (Wildman–Crippen MR) is 315 cm³/mol. The van der Waals surface area contributed by atoms with Crippen LogP contribution in [0.15, 0.2) is 170 Å². The van der Waals surface area contributed by atoms with Gasteiger partial charge in [-0.15, -0.1) is 11.3 Å². The third-order valence-corrected chi connectivity index (χ3v) is 17.1. The quantitative estimate of drug-likeness (QED) is 0.176. The highest BCUT2D eigenvalue weighted by Crippen LogP contribution is 2.51. The van der Waals surface area contributed by atoms with Crippen LogP contribution in [0.25, 0.3) is 130 Å². The highest BCUT2D eigenvalue weighted by Gasteiger charge is 2.35. The number of hydrogen-bond acceptors (Lipinski definition) is 3. The van der Waals surface area contributed by atoms with Crippen LogP contribution in [0.4, 0.5) is 0 Å². The van der Waals surface area contributed by atoms with Crippen LogP contribution >= 0.6 is 11.3 Å². The van der Waals surface area contributed by atoms with Crippen LogP contribution in [0.1, 0.15) is 44.5 Å². The molecule has 10 aromatic carbocycles. The van der Waals surface area contributed by atoms with Crippen molar-refractivity contribution in [2.45, 2.75) is 41.5 Å². The third-order valence-electron chi connectivity index (χ3n) is 15.9. The Kier molecular flexibility index (Phi) is 8.96. The summed E-state index contributed by atoms with van der Waals surface area (Å²) in [5.74, 6) is 0. The van der Waals surface area contributed by atoms with Gasteiger partial charge in [0.05, 0.1) is 71.6 Å². The molecule has 0 saturated carbocycles. The Hall–Kier alpha value is -9.40. The van der Waals surface area contributed by atoms with E-state index >= 15 is 0 Å². The van der Waals surface area contributed by atoms with Gasteiger partial charge in [0.15, 0.2) is 0 Å². The van der Waals surface area contributed by atoms with Crippen LogP contribution < -0.4 is 0 Å². The van der Waals surface area contributed by atoms with E-state index in [1.165, 1.54) is 10.1 Å². The number of aryl methyl sites for hydroxylation is 6. The van der Waals surface area contributed by atoms with E-state index in [9.17, 15) is 10.5 Å². The lowest BCUT2D eigenvalue weighted by Crippen LogP contribution is -2.17. The van der Waals surface area contributed by atoms with Gasteiger partial charge in [-0.25, -0.2) is 0 Å². The minimum absolute atomic E-state index is 0.451. The Labute approximate surface area is 435 Å². The summed E-state index contributed by atoms with van der Waals surface area (Å²) < 4.78 is 11.6. The van der Waals surface area contributed by atoms with E-state index in [1.807, 2.05) is 0 Å². The van der Waals surface area contributed by atoms with Crippen LogP contribution in [-0.2, 0) is 0 Å². The smallest absolute Gasteiger partial charge is 0.104 e. The zero-order valence-electron chi connectivity index (χ0n) is 42.3. The lowest BCUT2D eigenvalue weighted by Gasteiger charge is -2.27. The monoisotopic (exact) mass is 978 g/mol. The van der Waals surface area contributed by atoms with Crippen molar-refractivity contribution in [3.8, 4) is 34.9 Å². The van der Waals surface area contributed by atoms with Crippen LogP contribution in [0.2, 0.25) is 0 Å². The van der Waals surface area contributed by atoms with Crippen molar-refractivity contribution in [1.82, 2.24) is 18.3 Å². The van der Waals surface area contributed by atoms with Gasteiger partial charge in [0, 0.05) is 58.6 Å². The van der Waals surface area contributed by atoms with E-state index in [1.54, 1.807) is 11.3 Å². The van der Waals surface area contributed by atoms with Crippen molar-refractivity contribution in [2.75, 3.05) is 0 Å². The first-order chi connectivity index (χ1) is 36.6. The van der Waals surface area contributed by atoms with Gasteiger partial charge >= 0.3 is 0 Å². The summed E-state index contributed by atoms with van der Waals surface area (Å²) in [4.78, 5) is 0. The number of nitrogens with zero attached hydrogens (tertiary/aromatic N) is 6. The maximum atomic E-state index is 12.9. The maximum absolute atomic E-state index is 12.9. The molecule has 15 rings (SSSR count). The fourth-order valence-corrected chi connectivity index (χ4v) is 13.9. The molecule has 0 aliphatic heterocycles. The number of rotatable bonds is 4. The van der Waals surface area contributed by atoms with Crippen molar-refractivity contribution >= 4 is 119 Å². The van der Waals surface area contributed by atoms with Crippen LogP contribution in [0, 0.1) is 64.2 Å². The van der Waals surface area contributed by atoms with Gasteiger partial charge in [-0.2, -0.15) is 10.5 Å². The standard InChI is InChI=1S/C68H46N6S/c1-37-15-21-44-45-22-16-38(2)30-57(45)71(56(44)29-37)63-53(35-69)65(73-60-33-41(5)19-25-48(60)49-26-20-42(6)34-61(49)73)66(54(36-70)64(63)72-58-31-39(3)17-23-46(58)47-24-18-40(4)32-59(47)72)74-55-13-9-7-11-43(55)51-27-28-52-50-12-8-10-14-62(50)75-68(52)67(51)74/h7-34H,1-6H3. The van der Waals surface area contributed by atoms with Crippen molar-refractivity contribution in [1.29, 1.82) is 10.5 Å². The Morgan fingerprint density at radius 3 is 1.00 bits per heavy atom. The first-order valence-electron chi connectivity index (χ1n) is 25.5. The maximum Gasteiger partial charge on any atom is 0.104 e. The second-order valence-electron chi connectivity index (χ2n) is 20.8. The Balaban J connectivity index is 1.31. The molecule has 0 amide bonds. The van der Waals surface area contributed by atoms with Gasteiger partial charge in [-0.3, -0.25) is 0 Å². The molecule has 0 N–H and O–H groups in total. The molecular weight excluding hydrogens is 933 g/mol. The molecule has 0 fully saturated rings.